The van der Waals surface area contributed by atoms with Crippen molar-refractivity contribution in [3.63, 3.8) is 0 Å². The highest BCUT2D eigenvalue weighted by molar-refractivity contribution is 7.12. The van der Waals surface area contributed by atoms with Gasteiger partial charge in [0.15, 0.2) is 5.78 Å². The van der Waals surface area contributed by atoms with Crippen LogP contribution in [0.4, 0.5) is 19.0 Å². The lowest BCUT2D eigenvalue weighted by molar-refractivity contribution is -0.138. The molecule has 2 aliphatic rings. The lowest BCUT2D eigenvalue weighted by atomic mass is 10.1. The van der Waals surface area contributed by atoms with Crippen LogP contribution in [0.15, 0.2) is 24.7 Å². The number of carboxylic acids is 1. The molecule has 3 aromatic heterocycles. The Labute approximate surface area is 251 Å². The summed E-state index contributed by atoms with van der Waals surface area (Å²) in [7, 11) is 0. The fraction of sp³-hybridized carbons (Fsp3) is 0.517. The molecule has 2 saturated heterocycles. The number of thiazole rings is 1. The van der Waals surface area contributed by atoms with Crippen molar-refractivity contribution in [3.05, 3.63) is 51.5 Å². The fourth-order valence-corrected chi connectivity index (χ4v) is 6.60. The van der Waals surface area contributed by atoms with Gasteiger partial charge in [0.05, 0.1) is 36.5 Å². The zero-order chi connectivity index (χ0) is 30.7. The number of pyridine rings is 1. The third kappa shape index (κ3) is 7.54. The topological polar surface area (TPSA) is 116 Å². The smallest absolute Gasteiger partial charge is 0.418 e. The number of Topliss-reactive ketones (excluding diaryl/α,β-unsaturated/α-hetero) is 1. The minimum Gasteiger partial charge on any atom is -0.481 e. The molecule has 2 aliphatic heterocycles. The van der Waals surface area contributed by atoms with Crippen molar-refractivity contribution in [2.75, 3.05) is 44.2 Å². The number of aryl methyl sites for hydroxylation is 1. The van der Waals surface area contributed by atoms with Gasteiger partial charge in [-0.2, -0.15) is 13.2 Å². The lowest BCUT2D eigenvalue weighted by Gasteiger charge is -2.34. The Kier molecular flexibility index (Phi) is 9.37. The van der Waals surface area contributed by atoms with Crippen LogP contribution in [0.3, 0.4) is 0 Å². The molecule has 0 bridgehead atoms. The van der Waals surface area contributed by atoms with E-state index in [0.29, 0.717) is 61.8 Å². The molecule has 0 aromatic carbocycles. The number of piperazine rings is 1. The first-order valence-electron chi connectivity index (χ1n) is 14.3. The van der Waals surface area contributed by atoms with Crippen molar-refractivity contribution in [2.45, 2.75) is 58.3 Å². The molecule has 0 unspecified atom stereocenters. The summed E-state index contributed by atoms with van der Waals surface area (Å²) >= 11 is 1.34. The summed E-state index contributed by atoms with van der Waals surface area (Å²) in [6.07, 6.45) is 2.04. The van der Waals surface area contributed by atoms with Crippen LogP contribution in [0.25, 0.3) is 11.3 Å². The molecule has 230 valence electrons. The molecule has 2 fully saturated rings. The molecule has 14 heteroatoms. The number of likely N-dealkylation sites (tertiary alicyclic amines) is 1. The van der Waals surface area contributed by atoms with Crippen molar-refractivity contribution in [1.29, 1.82) is 0 Å². The maximum Gasteiger partial charge on any atom is 0.418 e. The highest BCUT2D eigenvalue weighted by atomic mass is 32.1. The van der Waals surface area contributed by atoms with Crippen molar-refractivity contribution in [2.24, 2.45) is 0 Å². The zero-order valence-corrected chi connectivity index (χ0v) is 24.9. The monoisotopic (exact) mass is 617 g/mol. The molecule has 1 N–H and O–H groups in total. The predicted molar refractivity (Wildman–Crippen MR) is 155 cm³/mol. The first-order valence-corrected chi connectivity index (χ1v) is 15.1. The first kappa shape index (κ1) is 31.0. The molecule has 0 radical (unpaired) electrons. The number of hydrogen-bond acceptors (Lipinski definition) is 10. The standard InChI is InChI=1S/C29H34F3N7O3S/c1-18-4-3-6-39(18)17-24-28(20-12-21(29(30,31)32)19(2)33-14-20)36-26(43-24)13-23(40)22-15-35-25(16-34-22)38-10-8-37(9-11-38)7-5-27(41)42/h12,14-16,18H,3-11,13,17H2,1-2H3,(H,41,42)/t18-/m1/s1. The van der Waals surface area contributed by atoms with E-state index in [1.807, 2.05) is 4.90 Å². The van der Waals surface area contributed by atoms with Crippen molar-refractivity contribution in [1.82, 2.24) is 29.7 Å². The molecule has 0 spiro atoms. The van der Waals surface area contributed by atoms with E-state index in [1.165, 1.54) is 30.7 Å². The molecule has 0 amide bonds. The van der Waals surface area contributed by atoms with Gasteiger partial charge in [0.1, 0.15) is 16.5 Å². The molecule has 3 aromatic rings. The zero-order valence-electron chi connectivity index (χ0n) is 24.1. The Balaban J connectivity index is 1.31. The second-order valence-electron chi connectivity index (χ2n) is 11.0. The molecular formula is C29H34F3N7O3S. The number of aromatic nitrogens is 4. The van der Waals surface area contributed by atoms with Gasteiger partial charge in [-0.05, 0) is 39.3 Å². The van der Waals surface area contributed by atoms with Crippen LogP contribution in [0.2, 0.25) is 0 Å². The van der Waals surface area contributed by atoms with Crippen molar-refractivity contribution in [3.8, 4) is 11.3 Å². The van der Waals surface area contributed by atoms with Gasteiger partial charge in [0.25, 0.3) is 0 Å². The van der Waals surface area contributed by atoms with Gasteiger partial charge in [0.2, 0.25) is 0 Å². The summed E-state index contributed by atoms with van der Waals surface area (Å²) in [6, 6.07) is 1.44. The van der Waals surface area contributed by atoms with Crippen LogP contribution in [-0.4, -0.2) is 91.9 Å². The molecule has 0 saturated carbocycles. The van der Waals surface area contributed by atoms with E-state index in [-0.39, 0.29) is 35.6 Å². The van der Waals surface area contributed by atoms with E-state index >= 15 is 0 Å². The number of carboxylic acid groups (broad SMARTS) is 1. The minimum absolute atomic E-state index is 0.0467. The number of halogens is 3. The number of rotatable bonds is 10. The summed E-state index contributed by atoms with van der Waals surface area (Å²) in [4.78, 5) is 48.7. The van der Waals surface area contributed by atoms with Gasteiger partial charge in [-0.25, -0.2) is 15.0 Å². The Morgan fingerprint density at radius 3 is 2.47 bits per heavy atom. The summed E-state index contributed by atoms with van der Waals surface area (Å²) in [6.45, 7) is 8.17. The Bertz CT molecular complexity index is 1460. The summed E-state index contributed by atoms with van der Waals surface area (Å²) < 4.78 is 41.0. The van der Waals surface area contributed by atoms with Gasteiger partial charge < -0.3 is 10.0 Å². The molecule has 0 aliphatic carbocycles. The van der Waals surface area contributed by atoms with Crippen LogP contribution < -0.4 is 4.90 Å². The van der Waals surface area contributed by atoms with E-state index in [9.17, 15) is 22.8 Å². The number of hydrogen-bond donors (Lipinski definition) is 1. The minimum atomic E-state index is -4.54. The van der Waals surface area contributed by atoms with Gasteiger partial charge >= 0.3 is 12.1 Å². The van der Waals surface area contributed by atoms with Crippen molar-refractivity contribution < 1.29 is 27.9 Å². The predicted octanol–water partition coefficient (Wildman–Crippen LogP) is 4.33. The first-order chi connectivity index (χ1) is 20.5. The van der Waals surface area contributed by atoms with Crippen LogP contribution in [0.5, 0.6) is 0 Å². The normalized spacial score (nSPS) is 18.3. The summed E-state index contributed by atoms with van der Waals surface area (Å²) in [5.74, 6) is -0.458. The SMILES string of the molecule is Cc1ncc(-c2nc(CC(=O)c3cnc(N4CCN(CCC(=O)O)CC4)cn3)sc2CN2CCC[C@H]2C)cc1C(F)(F)F. The molecule has 5 rings (SSSR count). The van der Waals surface area contributed by atoms with E-state index in [4.69, 9.17) is 5.11 Å². The van der Waals surface area contributed by atoms with E-state index in [2.05, 4.69) is 36.7 Å². The average Bonchev–Trinajstić information content (AvgIpc) is 3.57. The van der Waals surface area contributed by atoms with Crippen LogP contribution in [0.1, 0.15) is 57.8 Å². The highest BCUT2D eigenvalue weighted by Gasteiger charge is 2.34. The average molecular weight is 618 g/mol. The third-order valence-corrected chi connectivity index (χ3v) is 9.06. The second-order valence-corrected chi connectivity index (χ2v) is 12.2. The number of ketones is 1. The Hall–Kier alpha value is -3.49. The second kappa shape index (κ2) is 13.0. The van der Waals surface area contributed by atoms with Crippen LogP contribution >= 0.6 is 11.3 Å². The van der Waals surface area contributed by atoms with E-state index in [1.54, 1.807) is 6.20 Å². The number of carbonyl (C=O) groups is 2. The number of aliphatic carboxylic acids is 1. The molecular weight excluding hydrogens is 583 g/mol. The maximum atomic E-state index is 13.7. The molecule has 10 nitrogen and oxygen atoms in total. The van der Waals surface area contributed by atoms with Gasteiger partial charge in [-0.3, -0.25) is 24.4 Å². The Morgan fingerprint density at radius 1 is 1.07 bits per heavy atom. The third-order valence-electron chi connectivity index (χ3n) is 8.02. The van der Waals surface area contributed by atoms with Crippen LogP contribution in [0, 0.1) is 6.92 Å². The summed E-state index contributed by atoms with van der Waals surface area (Å²) in [5, 5.41) is 9.39. The molecule has 5 heterocycles. The van der Waals surface area contributed by atoms with Crippen molar-refractivity contribution >= 4 is 28.9 Å². The Morgan fingerprint density at radius 2 is 1.84 bits per heavy atom. The fourth-order valence-electron chi connectivity index (χ4n) is 5.48. The highest BCUT2D eigenvalue weighted by Crippen LogP contribution is 2.36. The lowest BCUT2D eigenvalue weighted by Crippen LogP contribution is -2.47. The summed E-state index contributed by atoms with van der Waals surface area (Å²) in [5.41, 5.74) is -0.00531. The molecule has 43 heavy (non-hydrogen) atoms. The number of carbonyl (C=O) groups excluding carboxylic acids is 1. The number of anilines is 1. The van der Waals surface area contributed by atoms with Gasteiger partial charge in [-0.15, -0.1) is 11.3 Å². The quantitative estimate of drug-likeness (QED) is 0.330. The largest absolute Gasteiger partial charge is 0.481 e. The van der Waals surface area contributed by atoms with Gasteiger partial charge in [-0.1, -0.05) is 0 Å². The van der Waals surface area contributed by atoms with E-state index < -0.39 is 17.7 Å². The van der Waals surface area contributed by atoms with Gasteiger partial charge in [0, 0.05) is 67.6 Å². The molecule has 1 atom stereocenters. The number of alkyl halides is 3. The van der Waals surface area contributed by atoms with E-state index in [0.717, 1.165) is 30.3 Å². The maximum absolute atomic E-state index is 13.7. The van der Waals surface area contributed by atoms with Crippen LogP contribution in [-0.2, 0) is 23.9 Å². The number of nitrogens with zero attached hydrogens (tertiary/aromatic N) is 7.